The topological polar surface area (TPSA) is 80.5 Å². The molecule has 0 aliphatic carbocycles. The summed E-state index contributed by atoms with van der Waals surface area (Å²) in [5.74, 6) is -0.638. The molecule has 0 atom stereocenters. The Morgan fingerprint density at radius 2 is 1.73 bits per heavy atom. The summed E-state index contributed by atoms with van der Waals surface area (Å²) in [6, 6.07) is 7.54. The van der Waals surface area contributed by atoms with Gasteiger partial charge in [0.25, 0.3) is 17.5 Å². The fourth-order valence-electron chi connectivity index (χ4n) is 2.82. The lowest BCUT2D eigenvalue weighted by atomic mass is 9.92. The Bertz CT molecular complexity index is 804. The average Bonchev–Trinajstić information content (AvgIpc) is 2.48. The third kappa shape index (κ3) is 1.95. The number of nitro groups is 1. The number of benzene rings is 2. The zero-order valence-electron chi connectivity index (χ0n) is 12.2. The van der Waals surface area contributed by atoms with Crippen LogP contribution in [-0.4, -0.2) is 28.2 Å². The van der Waals surface area contributed by atoms with Gasteiger partial charge in [0.05, 0.1) is 10.3 Å². The molecule has 0 N–H and O–H groups in total. The molecule has 1 heterocycles. The van der Waals surface area contributed by atoms with Gasteiger partial charge in [-0.1, -0.05) is 19.9 Å². The second-order valence-electron chi connectivity index (χ2n) is 5.73. The normalized spacial score (nSPS) is 14.0. The number of imide groups is 1. The van der Waals surface area contributed by atoms with Crippen LogP contribution in [0.15, 0.2) is 30.3 Å². The van der Waals surface area contributed by atoms with Gasteiger partial charge in [0.2, 0.25) is 0 Å². The molecule has 0 radical (unpaired) electrons. The van der Waals surface area contributed by atoms with E-state index in [4.69, 9.17) is 0 Å². The van der Waals surface area contributed by atoms with Crippen LogP contribution in [0.4, 0.5) is 5.69 Å². The molecule has 6 nitrogen and oxygen atoms in total. The predicted molar refractivity (Wildman–Crippen MR) is 80.8 cm³/mol. The van der Waals surface area contributed by atoms with Crippen LogP contribution in [0.1, 0.15) is 34.6 Å². The Balaban J connectivity index is 2.30. The van der Waals surface area contributed by atoms with Gasteiger partial charge in [-0.2, -0.15) is 0 Å². The van der Waals surface area contributed by atoms with Gasteiger partial charge in [0, 0.05) is 29.1 Å². The second kappa shape index (κ2) is 4.91. The number of hydrogen-bond donors (Lipinski definition) is 0. The molecule has 2 aromatic carbocycles. The second-order valence-corrected chi connectivity index (χ2v) is 5.73. The molecular formula is C16H14N2O4. The van der Waals surface area contributed by atoms with Gasteiger partial charge >= 0.3 is 0 Å². The predicted octanol–water partition coefficient (Wildman–Crippen LogP) is 3.00. The van der Waals surface area contributed by atoms with E-state index in [9.17, 15) is 19.7 Å². The zero-order valence-corrected chi connectivity index (χ0v) is 12.2. The molecule has 0 unspecified atom stereocenters. The van der Waals surface area contributed by atoms with Gasteiger partial charge in [-0.3, -0.25) is 24.6 Å². The summed E-state index contributed by atoms with van der Waals surface area (Å²) >= 11 is 0. The Kier molecular flexibility index (Phi) is 3.16. The molecule has 6 heteroatoms. The van der Waals surface area contributed by atoms with Crippen molar-refractivity contribution in [1.82, 2.24) is 4.90 Å². The third-order valence-corrected chi connectivity index (χ3v) is 3.71. The van der Waals surface area contributed by atoms with E-state index < -0.39 is 16.7 Å². The standard InChI is InChI=1S/C16H14N2O4/c1-9(2)8-17-15(19)11-5-3-4-10-13(18(21)22)7-6-12(14(10)11)16(17)20/h3-7,9H,8H2,1-2H3. The molecule has 3 rings (SSSR count). The van der Waals surface area contributed by atoms with E-state index in [1.54, 1.807) is 18.2 Å². The van der Waals surface area contributed by atoms with Crippen LogP contribution in [0.25, 0.3) is 10.8 Å². The van der Waals surface area contributed by atoms with E-state index in [2.05, 4.69) is 0 Å². The number of hydrogen-bond acceptors (Lipinski definition) is 4. The molecule has 0 fully saturated rings. The summed E-state index contributed by atoms with van der Waals surface area (Å²) in [5.41, 5.74) is 0.589. The van der Waals surface area contributed by atoms with Crippen molar-refractivity contribution in [2.45, 2.75) is 13.8 Å². The van der Waals surface area contributed by atoms with Gasteiger partial charge in [-0.25, -0.2) is 0 Å². The first kappa shape index (κ1) is 14.2. The van der Waals surface area contributed by atoms with Crippen LogP contribution < -0.4 is 0 Å². The lowest BCUT2D eigenvalue weighted by molar-refractivity contribution is -0.383. The van der Waals surface area contributed by atoms with E-state index in [1.165, 1.54) is 17.0 Å². The maximum atomic E-state index is 12.6. The summed E-state index contributed by atoms with van der Waals surface area (Å²) in [7, 11) is 0. The number of non-ortho nitro benzene ring substituents is 1. The first-order chi connectivity index (χ1) is 10.4. The average molecular weight is 298 g/mol. The first-order valence-corrected chi connectivity index (χ1v) is 6.98. The van der Waals surface area contributed by atoms with Gasteiger partial charge < -0.3 is 0 Å². The quantitative estimate of drug-likeness (QED) is 0.495. The molecule has 22 heavy (non-hydrogen) atoms. The van der Waals surface area contributed by atoms with E-state index in [1.807, 2.05) is 13.8 Å². The van der Waals surface area contributed by atoms with Crippen molar-refractivity contribution in [1.29, 1.82) is 0 Å². The van der Waals surface area contributed by atoms with Crippen LogP contribution in [0, 0.1) is 16.0 Å². The Morgan fingerprint density at radius 3 is 2.32 bits per heavy atom. The van der Waals surface area contributed by atoms with Crippen molar-refractivity contribution in [3.8, 4) is 0 Å². The molecule has 2 aromatic rings. The molecule has 1 aliphatic heterocycles. The highest BCUT2D eigenvalue weighted by Crippen LogP contribution is 2.35. The van der Waals surface area contributed by atoms with Crippen molar-refractivity contribution in [2.75, 3.05) is 6.54 Å². The number of rotatable bonds is 3. The highest BCUT2D eigenvalue weighted by Gasteiger charge is 2.34. The number of carbonyl (C=O) groups is 2. The summed E-state index contributed by atoms with van der Waals surface area (Å²) in [4.78, 5) is 37.0. The Morgan fingerprint density at radius 1 is 1.09 bits per heavy atom. The molecule has 2 amide bonds. The number of nitrogens with zero attached hydrogens (tertiary/aromatic N) is 2. The minimum Gasteiger partial charge on any atom is -0.274 e. The van der Waals surface area contributed by atoms with E-state index in [0.29, 0.717) is 28.4 Å². The summed E-state index contributed by atoms with van der Waals surface area (Å²) in [6.45, 7) is 4.17. The minimum absolute atomic E-state index is 0.0986. The molecule has 0 spiro atoms. The summed E-state index contributed by atoms with van der Waals surface area (Å²) < 4.78 is 0. The van der Waals surface area contributed by atoms with Crippen molar-refractivity contribution in [3.63, 3.8) is 0 Å². The fourth-order valence-corrected chi connectivity index (χ4v) is 2.82. The number of amides is 2. The molecule has 1 aliphatic rings. The van der Waals surface area contributed by atoms with Crippen molar-refractivity contribution >= 4 is 28.3 Å². The SMILES string of the molecule is CC(C)CN1C(=O)c2cccc3c([N+](=O)[O-])ccc(c23)C1=O. The van der Waals surface area contributed by atoms with Crippen molar-refractivity contribution < 1.29 is 14.5 Å². The maximum Gasteiger partial charge on any atom is 0.277 e. The van der Waals surface area contributed by atoms with Crippen LogP contribution in [-0.2, 0) is 0 Å². The van der Waals surface area contributed by atoms with Crippen LogP contribution in [0.3, 0.4) is 0 Å². The zero-order chi connectivity index (χ0) is 16.0. The Labute approximate surface area is 126 Å². The van der Waals surface area contributed by atoms with Gasteiger partial charge in [-0.15, -0.1) is 0 Å². The van der Waals surface area contributed by atoms with Crippen LogP contribution in [0.5, 0.6) is 0 Å². The van der Waals surface area contributed by atoms with E-state index >= 15 is 0 Å². The molecule has 0 aromatic heterocycles. The number of nitro benzene ring substituents is 1. The monoisotopic (exact) mass is 298 g/mol. The minimum atomic E-state index is -0.502. The smallest absolute Gasteiger partial charge is 0.274 e. The molecule has 112 valence electrons. The first-order valence-electron chi connectivity index (χ1n) is 6.98. The fraction of sp³-hybridized carbons (Fsp3) is 0.250. The largest absolute Gasteiger partial charge is 0.277 e. The number of carbonyl (C=O) groups excluding carboxylic acids is 2. The van der Waals surface area contributed by atoms with Crippen LogP contribution in [0.2, 0.25) is 0 Å². The molecule has 0 saturated heterocycles. The molecule has 0 saturated carbocycles. The lowest BCUT2D eigenvalue weighted by Crippen LogP contribution is -2.42. The van der Waals surface area contributed by atoms with Gasteiger partial charge in [0.1, 0.15) is 0 Å². The van der Waals surface area contributed by atoms with Crippen molar-refractivity contribution in [2.24, 2.45) is 5.92 Å². The van der Waals surface area contributed by atoms with Crippen molar-refractivity contribution in [3.05, 3.63) is 51.6 Å². The van der Waals surface area contributed by atoms with Gasteiger partial charge in [-0.05, 0) is 24.1 Å². The summed E-state index contributed by atoms with van der Waals surface area (Å²) in [5, 5.41) is 11.8. The van der Waals surface area contributed by atoms with E-state index in [-0.39, 0.29) is 11.6 Å². The Hall–Kier alpha value is -2.76. The van der Waals surface area contributed by atoms with Gasteiger partial charge in [0.15, 0.2) is 0 Å². The van der Waals surface area contributed by atoms with E-state index in [0.717, 1.165) is 0 Å². The lowest BCUT2D eigenvalue weighted by Gasteiger charge is -2.28. The molecule has 0 bridgehead atoms. The van der Waals surface area contributed by atoms with Crippen LogP contribution >= 0.6 is 0 Å². The molecular weight excluding hydrogens is 284 g/mol. The maximum absolute atomic E-state index is 12.6. The summed E-state index contributed by atoms with van der Waals surface area (Å²) in [6.07, 6.45) is 0. The third-order valence-electron chi connectivity index (χ3n) is 3.71. The highest BCUT2D eigenvalue weighted by molar-refractivity contribution is 6.26. The highest BCUT2D eigenvalue weighted by atomic mass is 16.6.